The number of hydrogen-bond donors (Lipinski definition) is 0. The predicted molar refractivity (Wildman–Crippen MR) is 69.1 cm³/mol. The number of carbonyl (C=O) groups is 1. The maximum Gasteiger partial charge on any atom is 0.342 e. The molecule has 0 aliphatic carbocycles. The van der Waals surface area contributed by atoms with Crippen LogP contribution in [-0.2, 0) is 0 Å². The summed E-state index contributed by atoms with van der Waals surface area (Å²) in [6, 6.07) is 20.7. The minimum absolute atomic E-state index is 0.0626. The van der Waals surface area contributed by atoms with E-state index >= 15 is 0 Å². The van der Waals surface area contributed by atoms with E-state index in [0.717, 1.165) is 10.9 Å². The average Bonchev–Trinajstić information content (AvgIpc) is 2.47. The highest BCUT2D eigenvalue weighted by Gasteiger charge is 2.12. The normalized spacial score (nSPS) is 10.4. The molecule has 1 heterocycles. The fourth-order valence-corrected chi connectivity index (χ4v) is 1.98. The van der Waals surface area contributed by atoms with Gasteiger partial charge in [0.1, 0.15) is 5.52 Å². The van der Waals surface area contributed by atoms with E-state index in [1.165, 1.54) is 0 Å². The average molecular weight is 233 g/mol. The van der Waals surface area contributed by atoms with E-state index in [9.17, 15) is 4.79 Å². The lowest BCUT2D eigenvalue weighted by atomic mass is 10.1. The number of nitrogens with zero attached hydrogens (tertiary/aromatic N) is 1. The van der Waals surface area contributed by atoms with Gasteiger partial charge < -0.3 is 0 Å². The highest BCUT2D eigenvalue weighted by Crippen LogP contribution is 2.08. The van der Waals surface area contributed by atoms with Crippen LogP contribution in [-0.4, -0.2) is 5.91 Å². The van der Waals surface area contributed by atoms with Gasteiger partial charge in [0, 0.05) is 5.56 Å². The monoisotopic (exact) mass is 233 g/mol. The van der Waals surface area contributed by atoms with E-state index in [2.05, 4.69) is 6.20 Å². The molecule has 0 N–H and O–H groups in total. The first-order valence-corrected chi connectivity index (χ1v) is 5.77. The summed E-state index contributed by atoms with van der Waals surface area (Å²) in [4.78, 5) is 12.4. The SMILES string of the molecule is O=C(c1ccccc1)[n+]1[c-]ccc2ccccc21. The van der Waals surface area contributed by atoms with Crippen molar-refractivity contribution in [2.45, 2.75) is 0 Å². The van der Waals surface area contributed by atoms with Gasteiger partial charge >= 0.3 is 5.91 Å². The number of aromatic nitrogens is 1. The van der Waals surface area contributed by atoms with E-state index in [1.54, 1.807) is 10.6 Å². The van der Waals surface area contributed by atoms with Gasteiger partial charge in [0.05, 0.1) is 0 Å². The third-order valence-corrected chi connectivity index (χ3v) is 2.87. The molecule has 0 fully saturated rings. The number of hydrogen-bond acceptors (Lipinski definition) is 1. The van der Waals surface area contributed by atoms with Crippen molar-refractivity contribution < 1.29 is 9.36 Å². The Bertz CT molecular complexity index is 699. The second-order valence-corrected chi connectivity index (χ2v) is 4.03. The van der Waals surface area contributed by atoms with Crippen LogP contribution in [0.25, 0.3) is 10.9 Å². The molecule has 0 unspecified atom stereocenters. The van der Waals surface area contributed by atoms with Gasteiger partial charge in [-0.05, 0) is 11.5 Å². The first-order valence-electron chi connectivity index (χ1n) is 5.77. The Hall–Kier alpha value is -2.48. The van der Waals surface area contributed by atoms with Crippen LogP contribution in [0.15, 0.2) is 66.7 Å². The molecule has 0 aliphatic rings. The maximum atomic E-state index is 12.4. The molecule has 0 spiro atoms. The van der Waals surface area contributed by atoms with Crippen LogP contribution in [0.4, 0.5) is 0 Å². The minimum atomic E-state index is -0.0626. The van der Waals surface area contributed by atoms with Crippen LogP contribution in [0, 0.1) is 6.20 Å². The van der Waals surface area contributed by atoms with Crippen molar-refractivity contribution in [1.29, 1.82) is 0 Å². The summed E-state index contributed by atoms with van der Waals surface area (Å²) in [5.41, 5.74) is 1.53. The molecular weight excluding hydrogens is 222 g/mol. The van der Waals surface area contributed by atoms with Crippen molar-refractivity contribution >= 4 is 16.8 Å². The summed E-state index contributed by atoms with van der Waals surface area (Å²) < 4.78 is 1.56. The molecule has 18 heavy (non-hydrogen) atoms. The topological polar surface area (TPSA) is 20.9 Å². The van der Waals surface area contributed by atoms with Crippen molar-refractivity contribution in [2.24, 2.45) is 0 Å². The molecule has 0 saturated heterocycles. The Morgan fingerprint density at radius 3 is 2.44 bits per heavy atom. The van der Waals surface area contributed by atoms with Gasteiger partial charge in [-0.3, -0.25) is 4.79 Å². The molecule has 0 atom stereocenters. The van der Waals surface area contributed by atoms with E-state index in [4.69, 9.17) is 0 Å². The first kappa shape index (κ1) is 10.7. The van der Waals surface area contributed by atoms with Crippen molar-refractivity contribution in [3.63, 3.8) is 0 Å². The predicted octanol–water partition coefficient (Wildman–Crippen LogP) is 2.62. The van der Waals surface area contributed by atoms with Crippen LogP contribution < -0.4 is 4.57 Å². The molecule has 0 aliphatic heterocycles. The second kappa shape index (κ2) is 4.41. The van der Waals surface area contributed by atoms with Crippen LogP contribution in [0.2, 0.25) is 0 Å². The standard InChI is InChI=1S/C16H11NO/c18-16(14-8-2-1-3-9-14)17-12-6-10-13-7-4-5-11-15(13)17/h1-11H. The molecule has 1 aromatic heterocycles. The first-order chi connectivity index (χ1) is 8.86. The van der Waals surface area contributed by atoms with Gasteiger partial charge in [-0.2, -0.15) is 0 Å². The van der Waals surface area contributed by atoms with Gasteiger partial charge in [-0.1, -0.05) is 54.6 Å². The Labute approximate surface area is 105 Å². The lowest BCUT2D eigenvalue weighted by Crippen LogP contribution is -2.43. The largest absolute Gasteiger partial charge is 0.342 e. The van der Waals surface area contributed by atoms with Crippen molar-refractivity contribution in [3.8, 4) is 0 Å². The number of fused-ring (bicyclic) bond motifs is 1. The van der Waals surface area contributed by atoms with E-state index in [-0.39, 0.29) is 5.91 Å². The maximum absolute atomic E-state index is 12.4. The third kappa shape index (κ3) is 1.78. The van der Waals surface area contributed by atoms with Gasteiger partial charge in [0.15, 0.2) is 6.20 Å². The highest BCUT2D eigenvalue weighted by molar-refractivity contribution is 5.90. The quantitative estimate of drug-likeness (QED) is 0.467. The fourth-order valence-electron chi connectivity index (χ4n) is 1.98. The Kier molecular flexibility index (Phi) is 2.61. The van der Waals surface area contributed by atoms with Gasteiger partial charge in [0.25, 0.3) is 0 Å². The van der Waals surface area contributed by atoms with Gasteiger partial charge in [-0.15, -0.1) is 6.07 Å². The summed E-state index contributed by atoms with van der Waals surface area (Å²) in [7, 11) is 0. The molecular formula is C16H11NO. The Morgan fingerprint density at radius 1 is 0.889 bits per heavy atom. The van der Waals surface area contributed by atoms with Crippen LogP contribution >= 0.6 is 0 Å². The zero-order valence-corrected chi connectivity index (χ0v) is 9.71. The number of para-hydroxylation sites is 1. The minimum Gasteiger partial charge on any atom is -0.273 e. The molecule has 0 bridgehead atoms. The molecule has 0 radical (unpaired) electrons. The zero-order valence-electron chi connectivity index (χ0n) is 9.71. The highest BCUT2D eigenvalue weighted by atomic mass is 16.2. The lowest BCUT2D eigenvalue weighted by molar-refractivity contribution is -0.546. The smallest absolute Gasteiger partial charge is 0.273 e. The van der Waals surface area contributed by atoms with Crippen LogP contribution in [0.5, 0.6) is 0 Å². The molecule has 3 rings (SSSR count). The molecule has 0 amide bonds. The summed E-state index contributed by atoms with van der Waals surface area (Å²) >= 11 is 0. The van der Waals surface area contributed by atoms with Crippen LogP contribution in [0.3, 0.4) is 0 Å². The molecule has 0 saturated carbocycles. The Morgan fingerprint density at radius 2 is 1.61 bits per heavy atom. The number of rotatable bonds is 1. The molecule has 86 valence electrons. The lowest BCUT2D eigenvalue weighted by Gasteiger charge is -2.06. The van der Waals surface area contributed by atoms with Crippen molar-refractivity contribution in [1.82, 2.24) is 0 Å². The van der Waals surface area contributed by atoms with E-state index in [1.807, 2.05) is 60.7 Å². The van der Waals surface area contributed by atoms with Crippen molar-refractivity contribution in [3.05, 3.63) is 78.5 Å². The fraction of sp³-hybridized carbons (Fsp3) is 0. The number of benzene rings is 2. The summed E-state index contributed by atoms with van der Waals surface area (Å²) in [5, 5.41) is 1.03. The van der Waals surface area contributed by atoms with Gasteiger partial charge in [0.2, 0.25) is 0 Å². The summed E-state index contributed by atoms with van der Waals surface area (Å²) in [6.07, 6.45) is 2.98. The molecule has 3 aromatic rings. The third-order valence-electron chi connectivity index (χ3n) is 2.87. The molecule has 2 nitrogen and oxygen atoms in total. The molecule has 2 aromatic carbocycles. The second-order valence-electron chi connectivity index (χ2n) is 4.03. The van der Waals surface area contributed by atoms with E-state index < -0.39 is 0 Å². The van der Waals surface area contributed by atoms with Crippen molar-refractivity contribution in [2.75, 3.05) is 0 Å². The number of carbonyl (C=O) groups excluding carboxylic acids is 1. The molecule has 2 heteroatoms. The zero-order chi connectivity index (χ0) is 12.4. The number of pyridine rings is 1. The summed E-state index contributed by atoms with van der Waals surface area (Å²) in [6.45, 7) is 0. The van der Waals surface area contributed by atoms with Crippen LogP contribution in [0.1, 0.15) is 10.4 Å². The van der Waals surface area contributed by atoms with E-state index in [0.29, 0.717) is 5.56 Å². The van der Waals surface area contributed by atoms with Gasteiger partial charge in [-0.25, -0.2) is 4.57 Å². The Balaban J connectivity index is 2.18. The summed E-state index contributed by atoms with van der Waals surface area (Å²) in [5.74, 6) is -0.0626.